The fraction of sp³-hybridized carbons (Fsp3) is 0.316. The zero-order chi connectivity index (χ0) is 26.1. The Kier molecular flexibility index (Phi) is 7.16. The highest BCUT2D eigenvalue weighted by Crippen LogP contribution is 2.39. The molecule has 0 aliphatic heterocycles. The number of hydrogen-bond donors (Lipinski definition) is 4. The molecule has 0 aliphatic rings. The highest BCUT2D eigenvalue weighted by Gasteiger charge is 2.45. The number of benzene rings is 1. The Morgan fingerprint density at radius 3 is 2.40 bits per heavy atom. The number of carbonyl (C=O) groups is 1. The number of rotatable bonds is 7. The first kappa shape index (κ1) is 26.1. The quantitative estimate of drug-likeness (QED) is 0.347. The van der Waals surface area contributed by atoms with E-state index in [4.69, 9.17) is 9.56 Å². The summed E-state index contributed by atoms with van der Waals surface area (Å²) in [6.07, 6.45) is -2.92. The van der Waals surface area contributed by atoms with Crippen LogP contribution in [0.1, 0.15) is 24.3 Å². The maximum absolute atomic E-state index is 14.0. The largest absolute Gasteiger partial charge is 0.455 e. The molecule has 2 atom stereocenters. The third-order valence-electron chi connectivity index (χ3n) is 4.63. The molecule has 3 rings (SSSR count). The molecule has 10 nitrogen and oxygen atoms in total. The van der Waals surface area contributed by atoms with Gasteiger partial charge in [-0.2, -0.15) is 13.2 Å². The number of alkyl halides is 3. The second-order valence-electron chi connectivity index (χ2n) is 7.60. The number of hydrogen-bond acceptors (Lipinski definition) is 7. The van der Waals surface area contributed by atoms with Crippen LogP contribution in [0.5, 0.6) is 0 Å². The Morgan fingerprint density at radius 2 is 1.83 bits per heavy atom. The summed E-state index contributed by atoms with van der Waals surface area (Å²) >= 11 is 0. The van der Waals surface area contributed by atoms with Gasteiger partial charge in [0.2, 0.25) is 16.0 Å². The number of halogens is 5. The summed E-state index contributed by atoms with van der Waals surface area (Å²) in [4.78, 5) is 19.9. The normalized spacial score (nSPS) is 13.9. The monoisotopic (exact) mass is 522 g/mol. The van der Waals surface area contributed by atoms with E-state index in [2.05, 4.69) is 20.6 Å². The van der Waals surface area contributed by atoms with Crippen molar-refractivity contribution in [2.75, 3.05) is 16.4 Å². The van der Waals surface area contributed by atoms with Gasteiger partial charge >= 0.3 is 12.2 Å². The van der Waals surface area contributed by atoms with Crippen LogP contribution in [0.3, 0.4) is 0 Å². The number of urea groups is 1. The van der Waals surface area contributed by atoms with Gasteiger partial charge in [0.25, 0.3) is 0 Å². The molecule has 0 saturated heterocycles. The van der Waals surface area contributed by atoms with Crippen LogP contribution in [0, 0.1) is 18.6 Å². The molecule has 5 N–H and O–H groups in total. The molecule has 3 aromatic rings. The number of fused-ring (bicyclic) bond motifs is 1. The third-order valence-corrected chi connectivity index (χ3v) is 5.59. The topological polar surface area (TPSA) is 152 Å². The summed E-state index contributed by atoms with van der Waals surface area (Å²) in [5.74, 6) is -3.44. The van der Waals surface area contributed by atoms with E-state index >= 15 is 0 Å². The third kappa shape index (κ3) is 6.54. The molecule has 0 saturated carbocycles. The zero-order valence-electron chi connectivity index (χ0n) is 18.1. The minimum absolute atomic E-state index is 0.0209. The maximum Gasteiger partial charge on any atom is 0.416 e. The van der Waals surface area contributed by atoms with Crippen molar-refractivity contribution in [3.8, 4) is 0 Å². The molecule has 0 fully saturated rings. The Labute approximate surface area is 195 Å². The predicted octanol–water partition coefficient (Wildman–Crippen LogP) is 3.32. The number of anilines is 2. The number of aromatic nitrogens is 2. The molecule has 0 aliphatic carbocycles. The molecule has 16 heteroatoms. The highest BCUT2D eigenvalue weighted by molar-refractivity contribution is 7.89. The molecule has 2 aromatic heterocycles. The van der Waals surface area contributed by atoms with Crippen molar-refractivity contribution < 1.29 is 39.6 Å². The second-order valence-corrected chi connectivity index (χ2v) is 9.26. The summed E-state index contributed by atoms with van der Waals surface area (Å²) in [6, 6.07) is -3.36. The number of sulfonamides is 1. The van der Waals surface area contributed by atoms with Crippen LogP contribution in [-0.2, 0) is 10.0 Å². The smallest absolute Gasteiger partial charge is 0.416 e. The Morgan fingerprint density at radius 1 is 1.20 bits per heavy atom. The fourth-order valence-electron chi connectivity index (χ4n) is 3.21. The molecule has 0 spiro atoms. The van der Waals surface area contributed by atoms with Crippen LogP contribution in [0.25, 0.3) is 11.0 Å². The first-order valence-corrected chi connectivity index (χ1v) is 11.5. The molecule has 0 radical (unpaired) electrons. The number of nitrogens with one attached hydrogen (secondary N) is 3. The number of carbonyl (C=O) groups excluding carboxylic acids is 1. The maximum atomic E-state index is 14.0. The lowest BCUT2D eigenvalue weighted by atomic mass is 10.1. The molecular weight excluding hydrogens is 503 g/mol. The van der Waals surface area contributed by atoms with Crippen molar-refractivity contribution in [2.45, 2.75) is 32.1 Å². The van der Waals surface area contributed by atoms with Crippen molar-refractivity contribution >= 4 is 38.7 Å². The zero-order valence-corrected chi connectivity index (χ0v) is 18.9. The lowest BCUT2D eigenvalue weighted by Gasteiger charge is -2.20. The van der Waals surface area contributed by atoms with Gasteiger partial charge in [0.05, 0.1) is 23.8 Å². The Bertz CT molecular complexity index is 1340. The molecule has 0 unspecified atom stereocenters. The van der Waals surface area contributed by atoms with Crippen LogP contribution in [0.4, 0.5) is 38.4 Å². The summed E-state index contributed by atoms with van der Waals surface area (Å²) in [7, 11) is -3.75. The fourth-order valence-corrected chi connectivity index (χ4v) is 3.99. The van der Waals surface area contributed by atoms with E-state index in [0.717, 1.165) is 18.5 Å². The summed E-state index contributed by atoms with van der Waals surface area (Å²) < 4.78 is 95.9. The lowest BCUT2D eigenvalue weighted by molar-refractivity contribution is -0.158. The van der Waals surface area contributed by atoms with Gasteiger partial charge in [0.1, 0.15) is 11.6 Å². The Balaban J connectivity index is 1.75. The van der Waals surface area contributed by atoms with Crippen molar-refractivity contribution in [3.05, 3.63) is 47.5 Å². The van der Waals surface area contributed by atoms with Crippen molar-refractivity contribution in [3.63, 3.8) is 0 Å². The first-order valence-electron chi connectivity index (χ1n) is 9.75. The minimum atomic E-state index is -5.05. The van der Waals surface area contributed by atoms with Gasteiger partial charge in [-0.15, -0.1) is 0 Å². The molecule has 190 valence electrons. The van der Waals surface area contributed by atoms with Crippen LogP contribution < -0.4 is 21.1 Å². The van der Waals surface area contributed by atoms with Gasteiger partial charge in [-0.25, -0.2) is 37.1 Å². The highest BCUT2D eigenvalue weighted by atomic mass is 32.2. The van der Waals surface area contributed by atoms with E-state index in [9.17, 15) is 35.2 Å². The van der Waals surface area contributed by atoms with Gasteiger partial charge in [0, 0.05) is 23.1 Å². The number of aryl methyl sites for hydroxylation is 1. The molecule has 35 heavy (non-hydrogen) atoms. The first-order chi connectivity index (χ1) is 16.1. The number of furan rings is 1. The molecule has 1 aromatic carbocycles. The molecule has 2 amide bonds. The summed E-state index contributed by atoms with van der Waals surface area (Å²) in [6.45, 7) is 2.68. The molecular formula is C19H19F5N6O4S. The average Bonchev–Trinajstić information content (AvgIpc) is 3.02. The van der Waals surface area contributed by atoms with E-state index in [1.807, 2.05) is 0 Å². The standard InChI is InChI=1S/C19H19F5N6O4S/c1-8(7-35(25,32)33)28-17-26-5-11(6-27-17)29-18(31)30-16(19(22,23)24)14-9(2)12-3-10(20)4-13(21)15(12)34-14/h3-6,8,16H,7H2,1-2H3,(H2,25,32,33)(H,26,27,28)(H2,29,30,31)/t8-,16+/m1/s1. The van der Waals surface area contributed by atoms with Crippen molar-refractivity contribution in [1.82, 2.24) is 15.3 Å². The van der Waals surface area contributed by atoms with Crippen molar-refractivity contribution in [2.24, 2.45) is 5.14 Å². The molecule has 0 bridgehead atoms. The number of amides is 2. The van der Waals surface area contributed by atoms with Gasteiger partial charge in [-0.05, 0) is 19.9 Å². The minimum Gasteiger partial charge on any atom is -0.455 e. The van der Waals surface area contributed by atoms with Gasteiger partial charge < -0.3 is 20.4 Å². The van der Waals surface area contributed by atoms with E-state index in [0.29, 0.717) is 6.07 Å². The SMILES string of the molecule is Cc1c([C@H](NC(=O)Nc2cnc(N[C@H](C)CS(N)(=O)=O)nc2)C(F)(F)F)oc2c(F)cc(F)cc12. The lowest BCUT2D eigenvalue weighted by Crippen LogP contribution is -2.40. The van der Waals surface area contributed by atoms with E-state index < -0.39 is 63.0 Å². The Hall–Kier alpha value is -3.53. The number of primary sulfonamides is 1. The average molecular weight is 522 g/mol. The van der Waals surface area contributed by atoms with Gasteiger partial charge in [-0.1, -0.05) is 0 Å². The van der Waals surface area contributed by atoms with E-state index in [1.165, 1.54) is 13.8 Å². The van der Waals surface area contributed by atoms with Crippen LogP contribution in [0.15, 0.2) is 28.9 Å². The van der Waals surface area contributed by atoms with Crippen LogP contribution in [-0.4, -0.2) is 42.4 Å². The number of nitrogens with zero attached hydrogens (tertiary/aromatic N) is 2. The van der Waals surface area contributed by atoms with Gasteiger partial charge in [-0.3, -0.25) is 0 Å². The summed E-state index contributed by atoms with van der Waals surface area (Å²) in [5.41, 5.74) is -0.876. The van der Waals surface area contributed by atoms with E-state index in [1.54, 1.807) is 5.32 Å². The van der Waals surface area contributed by atoms with Crippen LogP contribution in [0.2, 0.25) is 0 Å². The predicted molar refractivity (Wildman–Crippen MR) is 115 cm³/mol. The summed E-state index contributed by atoms with van der Waals surface area (Å²) in [5, 5.41) is 11.2. The van der Waals surface area contributed by atoms with E-state index in [-0.39, 0.29) is 22.6 Å². The van der Waals surface area contributed by atoms with Crippen molar-refractivity contribution in [1.29, 1.82) is 0 Å². The number of nitrogens with two attached hydrogens (primary N) is 1. The van der Waals surface area contributed by atoms with Gasteiger partial charge in [0.15, 0.2) is 17.4 Å². The van der Waals surface area contributed by atoms with Crippen LogP contribution >= 0.6 is 0 Å². The molecule has 2 heterocycles. The second kappa shape index (κ2) is 9.61.